The summed E-state index contributed by atoms with van der Waals surface area (Å²) >= 11 is 0. The number of hydrogen-bond donors (Lipinski definition) is 0. The van der Waals surface area contributed by atoms with Crippen LogP contribution in [0.2, 0.25) is 0 Å². The SMILES string of the molecule is COC(=O)N(C)c1nc(-c2ccccc2)nc2nonc12. The average molecular weight is 285 g/mol. The van der Waals surface area contributed by atoms with Gasteiger partial charge in [0.1, 0.15) is 0 Å². The number of hydrogen-bond acceptors (Lipinski definition) is 7. The molecule has 2 heterocycles. The van der Waals surface area contributed by atoms with Gasteiger partial charge in [0.2, 0.25) is 5.65 Å². The highest BCUT2D eigenvalue weighted by atomic mass is 16.6. The Balaban J connectivity index is 2.19. The minimum atomic E-state index is -0.572. The van der Waals surface area contributed by atoms with Gasteiger partial charge in [-0.2, -0.15) is 0 Å². The maximum absolute atomic E-state index is 11.7. The smallest absolute Gasteiger partial charge is 0.414 e. The number of amides is 1. The molecular weight excluding hydrogens is 274 g/mol. The zero-order chi connectivity index (χ0) is 14.8. The molecule has 1 aromatic carbocycles. The zero-order valence-corrected chi connectivity index (χ0v) is 11.3. The Hall–Kier alpha value is -3.03. The third-order valence-electron chi connectivity index (χ3n) is 2.90. The fourth-order valence-electron chi connectivity index (χ4n) is 1.85. The van der Waals surface area contributed by atoms with Crippen molar-refractivity contribution in [2.45, 2.75) is 0 Å². The third-order valence-corrected chi connectivity index (χ3v) is 2.90. The molecule has 0 saturated heterocycles. The van der Waals surface area contributed by atoms with E-state index in [-0.39, 0.29) is 11.5 Å². The summed E-state index contributed by atoms with van der Waals surface area (Å²) < 4.78 is 9.36. The van der Waals surface area contributed by atoms with Crippen LogP contribution in [0, 0.1) is 0 Å². The van der Waals surface area contributed by atoms with E-state index in [1.807, 2.05) is 30.3 Å². The van der Waals surface area contributed by atoms with Crippen LogP contribution in [0.1, 0.15) is 0 Å². The van der Waals surface area contributed by atoms with Gasteiger partial charge in [-0.15, -0.1) is 0 Å². The standard InChI is InChI=1S/C13H11N5O3/c1-18(13(19)20-2)12-9-11(17-21-16-9)14-10(15-12)8-6-4-3-5-7-8/h3-7H,1-2H3. The first kappa shape index (κ1) is 13.0. The van der Waals surface area contributed by atoms with E-state index in [4.69, 9.17) is 0 Å². The lowest BCUT2D eigenvalue weighted by molar-refractivity contribution is 0.180. The molecule has 0 unspecified atom stereocenters. The summed E-state index contributed by atoms with van der Waals surface area (Å²) in [7, 11) is 2.81. The maximum atomic E-state index is 11.7. The summed E-state index contributed by atoms with van der Waals surface area (Å²) in [6.45, 7) is 0. The summed E-state index contributed by atoms with van der Waals surface area (Å²) in [5, 5.41) is 7.45. The van der Waals surface area contributed by atoms with Gasteiger partial charge in [0, 0.05) is 12.6 Å². The van der Waals surface area contributed by atoms with Crippen LogP contribution < -0.4 is 4.90 Å². The molecule has 0 fully saturated rings. The fourth-order valence-corrected chi connectivity index (χ4v) is 1.85. The Morgan fingerprint density at radius 2 is 1.95 bits per heavy atom. The number of benzene rings is 1. The van der Waals surface area contributed by atoms with E-state index < -0.39 is 6.09 Å². The normalized spacial score (nSPS) is 10.6. The van der Waals surface area contributed by atoms with Crippen molar-refractivity contribution in [2.24, 2.45) is 0 Å². The highest BCUT2D eigenvalue weighted by Crippen LogP contribution is 2.24. The fraction of sp³-hybridized carbons (Fsp3) is 0.154. The number of carbonyl (C=O) groups excluding carboxylic acids is 1. The van der Waals surface area contributed by atoms with Crippen LogP contribution in [-0.4, -0.2) is 40.5 Å². The maximum Gasteiger partial charge on any atom is 0.414 e. The van der Waals surface area contributed by atoms with Gasteiger partial charge in [0.05, 0.1) is 7.11 Å². The summed E-state index contributed by atoms with van der Waals surface area (Å²) in [5.74, 6) is 0.691. The first-order chi connectivity index (χ1) is 10.2. The lowest BCUT2D eigenvalue weighted by Crippen LogP contribution is -2.27. The number of methoxy groups -OCH3 is 1. The highest BCUT2D eigenvalue weighted by Gasteiger charge is 2.21. The molecule has 0 bridgehead atoms. The molecular formula is C13H11N5O3. The van der Waals surface area contributed by atoms with Gasteiger partial charge >= 0.3 is 6.09 Å². The van der Waals surface area contributed by atoms with Crippen LogP contribution in [0.15, 0.2) is 35.0 Å². The van der Waals surface area contributed by atoms with Gasteiger partial charge in [0.15, 0.2) is 17.2 Å². The molecule has 0 aliphatic carbocycles. The van der Waals surface area contributed by atoms with Crippen molar-refractivity contribution in [3.63, 3.8) is 0 Å². The van der Waals surface area contributed by atoms with E-state index in [0.717, 1.165) is 5.56 Å². The van der Waals surface area contributed by atoms with E-state index in [1.165, 1.54) is 19.1 Å². The molecule has 0 saturated carbocycles. The molecule has 2 aromatic heterocycles. The van der Waals surface area contributed by atoms with Gasteiger partial charge in [-0.25, -0.2) is 19.4 Å². The van der Waals surface area contributed by atoms with Crippen molar-refractivity contribution in [1.82, 2.24) is 20.3 Å². The summed E-state index contributed by atoms with van der Waals surface area (Å²) in [5.41, 5.74) is 1.36. The van der Waals surface area contributed by atoms with Gasteiger partial charge in [-0.1, -0.05) is 30.3 Å². The van der Waals surface area contributed by atoms with Crippen molar-refractivity contribution >= 4 is 23.1 Å². The largest absolute Gasteiger partial charge is 0.452 e. The van der Waals surface area contributed by atoms with Crippen molar-refractivity contribution in [2.75, 3.05) is 19.1 Å². The Kier molecular flexibility index (Phi) is 3.19. The van der Waals surface area contributed by atoms with Crippen molar-refractivity contribution in [3.05, 3.63) is 30.3 Å². The van der Waals surface area contributed by atoms with Crippen LogP contribution >= 0.6 is 0 Å². The molecule has 0 radical (unpaired) electrons. The molecule has 0 aliphatic heterocycles. The minimum Gasteiger partial charge on any atom is -0.452 e. The number of aromatic nitrogens is 4. The Morgan fingerprint density at radius 3 is 2.67 bits per heavy atom. The number of fused-ring (bicyclic) bond motifs is 1. The first-order valence-electron chi connectivity index (χ1n) is 6.08. The highest BCUT2D eigenvalue weighted by molar-refractivity contribution is 5.95. The average Bonchev–Trinajstić information content (AvgIpc) is 3.01. The monoisotopic (exact) mass is 285 g/mol. The Bertz CT molecular complexity index is 787. The second kappa shape index (κ2) is 5.16. The molecule has 0 spiro atoms. The third kappa shape index (κ3) is 2.27. The molecule has 3 aromatic rings. The molecule has 1 amide bonds. The predicted molar refractivity (Wildman–Crippen MR) is 73.6 cm³/mol. The van der Waals surface area contributed by atoms with Crippen molar-refractivity contribution < 1.29 is 14.2 Å². The number of anilines is 1. The quantitative estimate of drug-likeness (QED) is 0.709. The van der Waals surface area contributed by atoms with Crippen molar-refractivity contribution in [3.8, 4) is 11.4 Å². The summed E-state index contributed by atoms with van der Waals surface area (Å²) in [6.07, 6.45) is -0.572. The van der Waals surface area contributed by atoms with Crippen LogP contribution in [-0.2, 0) is 4.74 Å². The predicted octanol–water partition coefficient (Wildman–Crippen LogP) is 1.88. The number of rotatable bonds is 2. The molecule has 106 valence electrons. The number of ether oxygens (including phenoxy) is 1. The Morgan fingerprint density at radius 1 is 1.19 bits per heavy atom. The lowest BCUT2D eigenvalue weighted by Gasteiger charge is -2.14. The van der Waals surface area contributed by atoms with Crippen LogP contribution in [0.4, 0.5) is 10.6 Å². The lowest BCUT2D eigenvalue weighted by atomic mass is 10.2. The molecule has 0 aliphatic rings. The van der Waals surface area contributed by atoms with E-state index in [9.17, 15) is 4.79 Å². The minimum absolute atomic E-state index is 0.270. The Labute approximate surface area is 119 Å². The second-order valence-electron chi connectivity index (χ2n) is 4.20. The first-order valence-corrected chi connectivity index (χ1v) is 6.08. The van der Waals surface area contributed by atoms with E-state index >= 15 is 0 Å². The molecule has 0 N–H and O–H groups in total. The molecule has 8 heteroatoms. The molecule has 21 heavy (non-hydrogen) atoms. The van der Waals surface area contributed by atoms with Gasteiger partial charge in [-0.3, -0.25) is 4.90 Å². The molecule has 8 nitrogen and oxygen atoms in total. The second-order valence-corrected chi connectivity index (χ2v) is 4.20. The van der Waals surface area contributed by atoms with Crippen LogP contribution in [0.5, 0.6) is 0 Å². The molecule has 0 atom stereocenters. The van der Waals surface area contributed by atoms with Crippen LogP contribution in [0.25, 0.3) is 22.6 Å². The molecule has 3 rings (SSSR count). The van der Waals surface area contributed by atoms with E-state index in [0.29, 0.717) is 11.3 Å². The van der Waals surface area contributed by atoms with Gasteiger partial charge in [-0.05, 0) is 10.3 Å². The summed E-state index contributed by atoms with van der Waals surface area (Å²) in [6, 6.07) is 9.34. The number of carbonyl (C=O) groups is 1. The zero-order valence-electron chi connectivity index (χ0n) is 11.3. The van der Waals surface area contributed by atoms with E-state index in [1.54, 1.807) is 0 Å². The number of nitrogens with zero attached hydrogens (tertiary/aromatic N) is 5. The van der Waals surface area contributed by atoms with E-state index in [2.05, 4.69) is 29.6 Å². The van der Waals surface area contributed by atoms with Crippen molar-refractivity contribution in [1.29, 1.82) is 0 Å². The van der Waals surface area contributed by atoms with Gasteiger partial charge < -0.3 is 4.74 Å². The van der Waals surface area contributed by atoms with Gasteiger partial charge in [0.25, 0.3) is 0 Å². The topological polar surface area (TPSA) is 94.2 Å². The van der Waals surface area contributed by atoms with Crippen LogP contribution in [0.3, 0.4) is 0 Å². The summed E-state index contributed by atoms with van der Waals surface area (Å²) in [4.78, 5) is 21.6.